The summed E-state index contributed by atoms with van der Waals surface area (Å²) in [6.07, 6.45) is 0.813. The molecular formula is C12H17BrFNO3S. The number of nitrogens with one attached hydrogen (secondary N) is 1. The third kappa shape index (κ3) is 4.24. The molecule has 108 valence electrons. The van der Waals surface area contributed by atoms with E-state index in [2.05, 4.69) is 20.7 Å². The highest BCUT2D eigenvalue weighted by atomic mass is 79.9. The Hall–Kier alpha value is -0.500. The summed E-state index contributed by atoms with van der Waals surface area (Å²) in [5, 5.41) is 8.98. The Bertz CT molecular complexity index is 550. The number of rotatable bonds is 6. The standard InChI is InChI=1S/C12H17BrFNO3S/c1-3-12(2,6-7-16)15-19(17,18)9-4-5-10(13)11(14)8-9/h4-5,8,15-16H,3,6-7H2,1-2H3. The maximum absolute atomic E-state index is 13.4. The average Bonchev–Trinajstić information content (AvgIpc) is 2.32. The van der Waals surface area contributed by atoms with Crippen molar-refractivity contribution in [1.82, 2.24) is 4.72 Å². The van der Waals surface area contributed by atoms with Crippen LogP contribution in [0.2, 0.25) is 0 Å². The lowest BCUT2D eigenvalue weighted by Gasteiger charge is -2.28. The Morgan fingerprint density at radius 3 is 2.58 bits per heavy atom. The zero-order chi connectivity index (χ0) is 14.7. The minimum Gasteiger partial charge on any atom is -0.396 e. The lowest BCUT2D eigenvalue weighted by Crippen LogP contribution is -2.46. The van der Waals surface area contributed by atoms with E-state index in [-0.39, 0.29) is 16.0 Å². The van der Waals surface area contributed by atoms with E-state index < -0.39 is 21.4 Å². The average molecular weight is 354 g/mol. The smallest absolute Gasteiger partial charge is 0.241 e. The van der Waals surface area contributed by atoms with E-state index in [0.717, 1.165) is 6.07 Å². The van der Waals surface area contributed by atoms with Crippen LogP contribution in [0.1, 0.15) is 26.7 Å². The minimum absolute atomic E-state index is 0.123. The summed E-state index contributed by atoms with van der Waals surface area (Å²) in [5.41, 5.74) is -0.753. The van der Waals surface area contributed by atoms with Crippen LogP contribution >= 0.6 is 15.9 Å². The fourth-order valence-corrected chi connectivity index (χ4v) is 3.34. The predicted octanol–water partition coefficient (Wildman–Crippen LogP) is 2.42. The van der Waals surface area contributed by atoms with Gasteiger partial charge in [0.25, 0.3) is 0 Å². The quantitative estimate of drug-likeness (QED) is 0.825. The van der Waals surface area contributed by atoms with Gasteiger partial charge in [-0.2, -0.15) is 0 Å². The van der Waals surface area contributed by atoms with E-state index >= 15 is 0 Å². The van der Waals surface area contributed by atoms with Gasteiger partial charge in [-0.15, -0.1) is 0 Å². The van der Waals surface area contributed by atoms with Crippen LogP contribution in [0.15, 0.2) is 27.6 Å². The molecule has 1 aromatic rings. The number of sulfonamides is 1. The van der Waals surface area contributed by atoms with Crippen LogP contribution in [0.5, 0.6) is 0 Å². The molecular weight excluding hydrogens is 337 g/mol. The third-order valence-electron chi connectivity index (χ3n) is 3.03. The van der Waals surface area contributed by atoms with Crippen molar-refractivity contribution < 1.29 is 17.9 Å². The molecule has 0 spiro atoms. The molecule has 0 aliphatic rings. The number of benzene rings is 1. The summed E-state index contributed by atoms with van der Waals surface area (Å²) in [6, 6.07) is 3.63. The third-order valence-corrected chi connectivity index (χ3v) is 5.31. The second-order valence-corrected chi connectivity index (χ2v) is 7.11. The predicted molar refractivity (Wildman–Crippen MR) is 74.8 cm³/mol. The first-order valence-electron chi connectivity index (χ1n) is 5.84. The molecule has 0 heterocycles. The van der Waals surface area contributed by atoms with E-state index in [1.165, 1.54) is 12.1 Å². The molecule has 0 aromatic heterocycles. The van der Waals surface area contributed by atoms with Gasteiger partial charge in [0.05, 0.1) is 9.37 Å². The molecule has 1 aromatic carbocycles. The van der Waals surface area contributed by atoms with E-state index in [0.29, 0.717) is 12.8 Å². The summed E-state index contributed by atoms with van der Waals surface area (Å²) in [6.45, 7) is 3.40. The largest absolute Gasteiger partial charge is 0.396 e. The number of aliphatic hydroxyl groups excluding tert-OH is 1. The van der Waals surface area contributed by atoms with Crippen molar-refractivity contribution in [3.63, 3.8) is 0 Å². The Morgan fingerprint density at radius 1 is 1.47 bits per heavy atom. The van der Waals surface area contributed by atoms with Crippen LogP contribution < -0.4 is 4.72 Å². The molecule has 0 aliphatic carbocycles. The zero-order valence-electron chi connectivity index (χ0n) is 10.8. The lowest BCUT2D eigenvalue weighted by molar-refractivity contribution is 0.233. The van der Waals surface area contributed by atoms with Gasteiger partial charge in [-0.3, -0.25) is 0 Å². The van der Waals surface area contributed by atoms with E-state index in [9.17, 15) is 12.8 Å². The summed E-state index contributed by atoms with van der Waals surface area (Å²) in [7, 11) is -3.81. The van der Waals surface area contributed by atoms with Crippen LogP contribution in [-0.2, 0) is 10.0 Å². The van der Waals surface area contributed by atoms with Gasteiger partial charge < -0.3 is 5.11 Å². The van der Waals surface area contributed by atoms with Crippen molar-refractivity contribution in [2.45, 2.75) is 37.1 Å². The molecule has 0 amide bonds. The molecule has 4 nitrogen and oxygen atoms in total. The topological polar surface area (TPSA) is 66.4 Å². The molecule has 7 heteroatoms. The van der Waals surface area contributed by atoms with Gasteiger partial charge in [0.1, 0.15) is 5.82 Å². The molecule has 0 aliphatic heterocycles. The Kier molecular flexibility index (Phi) is 5.49. The second-order valence-electron chi connectivity index (χ2n) is 4.57. The van der Waals surface area contributed by atoms with Crippen LogP contribution in [0.25, 0.3) is 0 Å². The van der Waals surface area contributed by atoms with Crippen molar-refractivity contribution >= 4 is 26.0 Å². The van der Waals surface area contributed by atoms with Crippen molar-refractivity contribution in [2.75, 3.05) is 6.61 Å². The maximum Gasteiger partial charge on any atom is 0.241 e. The van der Waals surface area contributed by atoms with Gasteiger partial charge in [0.2, 0.25) is 10.0 Å². The molecule has 1 rings (SSSR count). The van der Waals surface area contributed by atoms with Gasteiger partial charge in [-0.05, 0) is 53.9 Å². The summed E-state index contributed by atoms with van der Waals surface area (Å²) in [4.78, 5) is -0.134. The Morgan fingerprint density at radius 2 is 2.11 bits per heavy atom. The van der Waals surface area contributed by atoms with Gasteiger partial charge in [0.15, 0.2) is 0 Å². The van der Waals surface area contributed by atoms with Crippen LogP contribution in [0, 0.1) is 5.82 Å². The van der Waals surface area contributed by atoms with Crippen LogP contribution in [-0.4, -0.2) is 25.7 Å². The Labute approximate surface area is 121 Å². The fourth-order valence-electron chi connectivity index (χ4n) is 1.57. The molecule has 2 N–H and O–H groups in total. The van der Waals surface area contributed by atoms with Crippen LogP contribution in [0.3, 0.4) is 0 Å². The fraction of sp³-hybridized carbons (Fsp3) is 0.500. The number of halogens is 2. The second kappa shape index (κ2) is 6.30. The highest BCUT2D eigenvalue weighted by Gasteiger charge is 2.28. The monoisotopic (exact) mass is 353 g/mol. The first-order valence-corrected chi connectivity index (χ1v) is 8.11. The SMILES string of the molecule is CCC(C)(CCO)NS(=O)(=O)c1ccc(Br)c(F)c1. The van der Waals surface area contributed by atoms with Crippen molar-refractivity contribution in [3.8, 4) is 0 Å². The normalized spacial score (nSPS) is 15.2. The maximum atomic E-state index is 13.4. The molecule has 0 saturated carbocycles. The highest BCUT2D eigenvalue weighted by molar-refractivity contribution is 9.10. The van der Waals surface area contributed by atoms with E-state index in [1.54, 1.807) is 6.92 Å². The van der Waals surface area contributed by atoms with Crippen LogP contribution in [0.4, 0.5) is 4.39 Å². The number of hydrogen-bond donors (Lipinski definition) is 2. The Balaban J connectivity index is 3.07. The van der Waals surface area contributed by atoms with Crippen molar-refractivity contribution in [2.24, 2.45) is 0 Å². The summed E-state index contributed by atoms with van der Waals surface area (Å²) < 4.78 is 40.5. The first kappa shape index (κ1) is 16.6. The molecule has 0 saturated heterocycles. The zero-order valence-corrected chi connectivity index (χ0v) is 13.2. The molecule has 1 atom stereocenters. The molecule has 0 radical (unpaired) electrons. The molecule has 0 bridgehead atoms. The van der Waals surface area contributed by atoms with Crippen molar-refractivity contribution in [3.05, 3.63) is 28.5 Å². The lowest BCUT2D eigenvalue weighted by atomic mass is 9.97. The minimum atomic E-state index is -3.81. The molecule has 0 fully saturated rings. The number of hydrogen-bond acceptors (Lipinski definition) is 3. The van der Waals surface area contributed by atoms with Gasteiger partial charge in [0, 0.05) is 12.1 Å². The molecule has 19 heavy (non-hydrogen) atoms. The highest BCUT2D eigenvalue weighted by Crippen LogP contribution is 2.22. The number of aliphatic hydroxyl groups is 1. The van der Waals surface area contributed by atoms with E-state index in [4.69, 9.17) is 5.11 Å². The van der Waals surface area contributed by atoms with Gasteiger partial charge in [-0.25, -0.2) is 17.5 Å². The first-order chi connectivity index (χ1) is 8.74. The molecule has 1 unspecified atom stereocenters. The summed E-state index contributed by atoms with van der Waals surface area (Å²) >= 11 is 2.97. The van der Waals surface area contributed by atoms with Gasteiger partial charge in [-0.1, -0.05) is 6.92 Å². The van der Waals surface area contributed by atoms with Crippen molar-refractivity contribution in [1.29, 1.82) is 0 Å². The van der Waals surface area contributed by atoms with Gasteiger partial charge >= 0.3 is 0 Å². The van der Waals surface area contributed by atoms with E-state index in [1.807, 2.05) is 6.92 Å². The summed E-state index contributed by atoms with van der Waals surface area (Å²) in [5.74, 6) is -0.636.